The van der Waals surface area contributed by atoms with Gasteiger partial charge in [-0.25, -0.2) is 0 Å². The van der Waals surface area contributed by atoms with Gasteiger partial charge in [-0.1, -0.05) is 49.7 Å². The maximum absolute atomic E-state index is 12.7. The Labute approximate surface area is 172 Å². The summed E-state index contributed by atoms with van der Waals surface area (Å²) in [4.78, 5) is 26.8. The Balaban J connectivity index is 1.91. The number of nitrogens with one attached hydrogen (secondary N) is 2. The molecule has 150 valence electrons. The van der Waals surface area contributed by atoms with Gasteiger partial charge in [0.2, 0.25) is 5.91 Å². The predicted molar refractivity (Wildman–Crippen MR) is 115 cm³/mol. The Morgan fingerprint density at radius 1 is 1.00 bits per heavy atom. The van der Waals surface area contributed by atoms with E-state index in [1.807, 2.05) is 29.2 Å². The second kappa shape index (κ2) is 11.5. The monoisotopic (exact) mass is 401 g/mol. The summed E-state index contributed by atoms with van der Waals surface area (Å²) >= 11 is 6.11. The number of rotatable bonds is 10. The molecule has 2 aromatic rings. The lowest BCUT2D eigenvalue weighted by atomic mass is 10.1. The Bertz CT molecular complexity index is 789. The number of hydrogen-bond acceptors (Lipinski definition) is 3. The van der Waals surface area contributed by atoms with Gasteiger partial charge in [0.25, 0.3) is 5.91 Å². The highest BCUT2D eigenvalue weighted by Crippen LogP contribution is 2.15. The van der Waals surface area contributed by atoms with E-state index in [0.717, 1.165) is 31.5 Å². The fraction of sp³-hybridized carbons (Fsp3) is 0.364. The molecule has 2 aromatic carbocycles. The molecule has 0 saturated heterocycles. The average molecular weight is 402 g/mol. The molecule has 2 N–H and O–H groups in total. The summed E-state index contributed by atoms with van der Waals surface area (Å²) in [5.74, 6) is -0.174. The van der Waals surface area contributed by atoms with Gasteiger partial charge in [-0.15, -0.1) is 0 Å². The van der Waals surface area contributed by atoms with Crippen LogP contribution in [0.4, 0.5) is 5.69 Å². The van der Waals surface area contributed by atoms with Crippen molar-refractivity contribution in [2.75, 3.05) is 25.0 Å². The zero-order valence-corrected chi connectivity index (χ0v) is 17.3. The molecule has 6 heteroatoms. The van der Waals surface area contributed by atoms with Gasteiger partial charge in [0.1, 0.15) is 0 Å². The minimum Gasteiger partial charge on any atom is -0.339 e. The summed E-state index contributed by atoms with van der Waals surface area (Å²) < 4.78 is 0. The number of halogens is 1. The summed E-state index contributed by atoms with van der Waals surface area (Å²) in [6, 6.07) is 14.6. The van der Waals surface area contributed by atoms with Crippen molar-refractivity contribution in [1.82, 2.24) is 10.2 Å². The fourth-order valence-electron chi connectivity index (χ4n) is 2.92. The summed E-state index contributed by atoms with van der Waals surface area (Å²) in [5, 5.41) is 6.59. The molecule has 0 fully saturated rings. The molecule has 0 heterocycles. The van der Waals surface area contributed by atoms with E-state index in [0.29, 0.717) is 22.8 Å². The van der Waals surface area contributed by atoms with Gasteiger partial charge >= 0.3 is 0 Å². The molecule has 0 spiro atoms. The van der Waals surface area contributed by atoms with Gasteiger partial charge in [-0.2, -0.15) is 0 Å². The van der Waals surface area contributed by atoms with Crippen molar-refractivity contribution in [3.8, 4) is 0 Å². The molecule has 0 aliphatic heterocycles. The van der Waals surface area contributed by atoms with Crippen LogP contribution in [0.2, 0.25) is 5.02 Å². The zero-order valence-electron chi connectivity index (χ0n) is 16.5. The van der Waals surface area contributed by atoms with Crippen LogP contribution in [-0.4, -0.2) is 36.3 Å². The molecule has 0 radical (unpaired) electrons. The second-order valence-electron chi connectivity index (χ2n) is 6.62. The Kier molecular flexibility index (Phi) is 8.98. The minimum absolute atomic E-state index is 0.00311. The van der Waals surface area contributed by atoms with Crippen LogP contribution in [0.5, 0.6) is 0 Å². The average Bonchev–Trinajstić information content (AvgIpc) is 2.69. The normalized spacial score (nSPS) is 10.5. The first-order chi connectivity index (χ1) is 13.5. The van der Waals surface area contributed by atoms with Crippen LogP contribution in [0.15, 0.2) is 48.5 Å². The number of carbonyl (C=O) groups excluding carboxylic acids is 2. The van der Waals surface area contributed by atoms with E-state index in [1.165, 1.54) is 0 Å². The Morgan fingerprint density at radius 3 is 2.39 bits per heavy atom. The van der Waals surface area contributed by atoms with Gasteiger partial charge < -0.3 is 15.5 Å². The lowest BCUT2D eigenvalue weighted by molar-refractivity contribution is -0.115. The number of anilines is 1. The van der Waals surface area contributed by atoms with E-state index >= 15 is 0 Å². The lowest BCUT2D eigenvalue weighted by Gasteiger charge is -2.21. The highest BCUT2D eigenvalue weighted by molar-refractivity contribution is 6.31. The number of hydrogen-bond donors (Lipinski definition) is 2. The number of amides is 2. The first-order valence-electron chi connectivity index (χ1n) is 9.68. The largest absolute Gasteiger partial charge is 0.339 e. The first kappa shape index (κ1) is 21.9. The SMILES string of the molecule is CCCN(CCC)C(=O)c1cccc(NC(=O)CNCc2ccccc2Cl)c1. The summed E-state index contributed by atoms with van der Waals surface area (Å²) in [7, 11) is 0. The molecule has 0 atom stereocenters. The molecule has 0 aromatic heterocycles. The molecule has 2 amide bonds. The second-order valence-corrected chi connectivity index (χ2v) is 7.02. The van der Waals surface area contributed by atoms with Gasteiger partial charge in [-0.3, -0.25) is 9.59 Å². The summed E-state index contributed by atoms with van der Waals surface area (Å²) in [6.45, 7) is 6.24. The first-order valence-corrected chi connectivity index (χ1v) is 10.1. The molecule has 0 bridgehead atoms. The van der Waals surface area contributed by atoms with Crippen molar-refractivity contribution in [1.29, 1.82) is 0 Å². The standard InChI is InChI=1S/C22H28ClN3O2/c1-3-12-26(13-4-2)22(28)17-9-7-10-19(14-17)25-21(27)16-24-15-18-8-5-6-11-20(18)23/h5-11,14,24H,3-4,12-13,15-16H2,1-2H3,(H,25,27). The maximum Gasteiger partial charge on any atom is 0.253 e. The molecule has 0 unspecified atom stereocenters. The van der Waals surface area contributed by atoms with E-state index in [9.17, 15) is 9.59 Å². The maximum atomic E-state index is 12.7. The van der Waals surface area contributed by atoms with Crippen LogP contribution in [0.1, 0.15) is 42.6 Å². The van der Waals surface area contributed by atoms with Crippen LogP contribution in [0.3, 0.4) is 0 Å². The van der Waals surface area contributed by atoms with E-state index in [-0.39, 0.29) is 18.4 Å². The third-order valence-corrected chi connectivity index (χ3v) is 4.60. The fourth-order valence-corrected chi connectivity index (χ4v) is 3.13. The minimum atomic E-state index is -0.171. The summed E-state index contributed by atoms with van der Waals surface area (Å²) in [6.07, 6.45) is 1.83. The van der Waals surface area contributed by atoms with Crippen LogP contribution in [0, 0.1) is 0 Å². The van der Waals surface area contributed by atoms with E-state index < -0.39 is 0 Å². The highest BCUT2D eigenvalue weighted by atomic mass is 35.5. The molecule has 0 aliphatic rings. The van der Waals surface area contributed by atoms with Crippen LogP contribution < -0.4 is 10.6 Å². The zero-order chi connectivity index (χ0) is 20.4. The number of nitrogens with zero attached hydrogens (tertiary/aromatic N) is 1. The third kappa shape index (κ3) is 6.66. The van der Waals surface area contributed by atoms with Crippen LogP contribution >= 0.6 is 11.6 Å². The third-order valence-electron chi connectivity index (χ3n) is 4.23. The van der Waals surface area contributed by atoms with Crippen LogP contribution in [0.25, 0.3) is 0 Å². The van der Waals surface area contributed by atoms with Gasteiger partial charge in [0, 0.05) is 35.9 Å². The van der Waals surface area contributed by atoms with E-state index in [2.05, 4.69) is 24.5 Å². The quantitative estimate of drug-likeness (QED) is 0.622. The van der Waals surface area contributed by atoms with Crippen molar-refractivity contribution >= 4 is 29.1 Å². The lowest BCUT2D eigenvalue weighted by Crippen LogP contribution is -2.32. The smallest absolute Gasteiger partial charge is 0.253 e. The van der Waals surface area contributed by atoms with Gasteiger partial charge in [0.15, 0.2) is 0 Å². The molecule has 5 nitrogen and oxygen atoms in total. The molecule has 0 saturated carbocycles. The molecule has 0 aliphatic carbocycles. The Morgan fingerprint density at radius 2 is 1.71 bits per heavy atom. The highest BCUT2D eigenvalue weighted by Gasteiger charge is 2.15. The molecule has 2 rings (SSSR count). The van der Waals surface area contributed by atoms with Gasteiger partial charge in [-0.05, 0) is 42.7 Å². The molecule has 28 heavy (non-hydrogen) atoms. The Hall–Kier alpha value is -2.37. The molecular weight excluding hydrogens is 374 g/mol. The van der Waals surface area contributed by atoms with Crippen molar-refractivity contribution in [2.45, 2.75) is 33.2 Å². The van der Waals surface area contributed by atoms with Crippen molar-refractivity contribution < 1.29 is 9.59 Å². The van der Waals surface area contributed by atoms with Crippen LogP contribution in [-0.2, 0) is 11.3 Å². The van der Waals surface area contributed by atoms with E-state index in [4.69, 9.17) is 11.6 Å². The summed E-state index contributed by atoms with van der Waals surface area (Å²) in [5.41, 5.74) is 2.14. The van der Waals surface area contributed by atoms with Crippen molar-refractivity contribution in [3.05, 3.63) is 64.7 Å². The topological polar surface area (TPSA) is 61.4 Å². The predicted octanol–water partition coefficient (Wildman–Crippen LogP) is 4.33. The molecular formula is C22H28ClN3O2. The number of benzene rings is 2. The van der Waals surface area contributed by atoms with Gasteiger partial charge in [0.05, 0.1) is 6.54 Å². The van der Waals surface area contributed by atoms with Crippen molar-refractivity contribution in [2.24, 2.45) is 0 Å². The number of carbonyl (C=O) groups is 2. The van der Waals surface area contributed by atoms with Crippen molar-refractivity contribution in [3.63, 3.8) is 0 Å². The van der Waals surface area contributed by atoms with E-state index in [1.54, 1.807) is 24.3 Å².